The van der Waals surface area contributed by atoms with Crippen LogP contribution in [-0.4, -0.2) is 63.8 Å². The van der Waals surface area contributed by atoms with Gasteiger partial charge < -0.3 is 15.2 Å². The molecule has 1 saturated heterocycles. The molecule has 0 radical (unpaired) electrons. The highest BCUT2D eigenvalue weighted by atomic mass is 32.2. The molecule has 192 valence electrons. The van der Waals surface area contributed by atoms with Crippen molar-refractivity contribution in [2.75, 3.05) is 5.75 Å². The number of hydrogen-bond donors (Lipinski definition) is 2. The van der Waals surface area contributed by atoms with Gasteiger partial charge in [0, 0.05) is 36.5 Å². The highest BCUT2D eigenvalue weighted by Gasteiger charge is 2.55. The predicted molar refractivity (Wildman–Crippen MR) is 110 cm³/mol. The Morgan fingerprint density at radius 2 is 2.00 bits per heavy atom. The molecule has 1 amide bonds. The van der Waals surface area contributed by atoms with Crippen LogP contribution in [0.1, 0.15) is 36.3 Å². The fourth-order valence-electron chi connectivity index (χ4n) is 4.46. The van der Waals surface area contributed by atoms with Gasteiger partial charge in [-0.1, -0.05) is 0 Å². The summed E-state index contributed by atoms with van der Waals surface area (Å²) in [7, 11) is -3.68. The molecule has 9 nitrogen and oxygen atoms in total. The number of benzene rings is 1. The fourth-order valence-corrected chi connectivity index (χ4v) is 5.24. The Hall–Kier alpha value is -2.78. The fraction of sp³-hybridized carbons (Fsp3) is 0.500. The maximum absolute atomic E-state index is 14.4. The second kappa shape index (κ2) is 9.02. The first kappa shape index (κ1) is 25.3. The summed E-state index contributed by atoms with van der Waals surface area (Å²) in [5.74, 6) is -2.18. The molecule has 0 saturated carbocycles. The second-order valence-electron chi connectivity index (χ2n) is 8.32. The third-order valence-electron chi connectivity index (χ3n) is 6.10. The zero-order chi connectivity index (χ0) is 25.7. The van der Waals surface area contributed by atoms with Gasteiger partial charge >= 0.3 is 12.3 Å². The molecule has 35 heavy (non-hydrogen) atoms. The minimum Gasteiger partial charge on any atom is -0.465 e. The molecule has 3 heterocycles. The largest absolute Gasteiger partial charge is 0.465 e. The number of fused-ring (bicyclic) bond motifs is 1. The van der Waals surface area contributed by atoms with Crippen LogP contribution in [0, 0.1) is 11.6 Å². The van der Waals surface area contributed by atoms with E-state index in [1.165, 1.54) is 18.0 Å². The zero-order valence-electron chi connectivity index (χ0n) is 18.2. The van der Waals surface area contributed by atoms with E-state index in [1.54, 1.807) is 0 Å². The Bertz CT molecular complexity index is 1210. The maximum Gasteiger partial charge on any atom is 0.416 e. The Morgan fingerprint density at radius 3 is 2.60 bits per heavy atom. The summed E-state index contributed by atoms with van der Waals surface area (Å²) in [5.41, 5.74) is 0.134. The minimum absolute atomic E-state index is 0.0893. The summed E-state index contributed by atoms with van der Waals surface area (Å²) < 4.78 is 101. The van der Waals surface area contributed by atoms with Crippen molar-refractivity contribution >= 4 is 16.1 Å². The molecule has 15 heteroatoms. The lowest BCUT2D eigenvalue weighted by atomic mass is 9.88. The highest BCUT2D eigenvalue weighted by Crippen LogP contribution is 2.43. The zero-order valence-corrected chi connectivity index (χ0v) is 19.0. The first-order valence-corrected chi connectivity index (χ1v) is 12.1. The molecule has 2 N–H and O–H groups in total. The topological polar surface area (TPSA) is 114 Å². The van der Waals surface area contributed by atoms with E-state index in [1.807, 2.05) is 0 Å². The molecule has 0 spiro atoms. The first-order chi connectivity index (χ1) is 16.3. The monoisotopic (exact) mass is 524 g/mol. The van der Waals surface area contributed by atoms with Gasteiger partial charge in [-0.3, -0.25) is 4.90 Å². The van der Waals surface area contributed by atoms with Crippen LogP contribution < -0.4 is 5.32 Å². The number of nitrogens with one attached hydrogen (secondary N) is 1. The lowest BCUT2D eigenvalue weighted by Gasteiger charge is -2.45. The van der Waals surface area contributed by atoms with Gasteiger partial charge in [0.15, 0.2) is 6.10 Å². The van der Waals surface area contributed by atoms with Crippen molar-refractivity contribution in [3.8, 4) is 0 Å². The molecular formula is C20H21F5N4O5S. The van der Waals surface area contributed by atoms with E-state index in [0.717, 1.165) is 16.2 Å². The molecule has 2 aliphatic rings. The Morgan fingerprint density at radius 1 is 1.29 bits per heavy atom. The smallest absolute Gasteiger partial charge is 0.416 e. The van der Waals surface area contributed by atoms with Gasteiger partial charge in [0.2, 0.25) is 0 Å². The number of amides is 1. The third kappa shape index (κ3) is 4.97. The second-order valence-corrected chi connectivity index (χ2v) is 10.4. The van der Waals surface area contributed by atoms with E-state index in [4.69, 9.17) is 4.74 Å². The molecular weight excluding hydrogens is 503 g/mol. The Balaban J connectivity index is 1.66. The Labute approximate surface area is 196 Å². The van der Waals surface area contributed by atoms with E-state index in [2.05, 4.69) is 10.4 Å². The number of carboxylic acid groups (broad SMARTS) is 1. The molecule has 1 aromatic carbocycles. The molecule has 1 fully saturated rings. The van der Waals surface area contributed by atoms with Crippen molar-refractivity contribution in [1.82, 2.24) is 19.4 Å². The molecule has 4 atom stereocenters. The summed E-state index contributed by atoms with van der Waals surface area (Å²) >= 11 is 0. The van der Waals surface area contributed by atoms with Crippen molar-refractivity contribution in [3.63, 3.8) is 0 Å². The molecule has 0 unspecified atom stereocenters. The SMILES string of the molecule is CCS(=O)(=O)n1cc2c(n1)CN([C@@H]1C[C@H](NC(=O)O)[C@@H](c3cc(F)ccc3F)O[C@@H]1C(F)(F)F)C2. The van der Waals surface area contributed by atoms with Crippen LogP contribution >= 0.6 is 0 Å². The molecule has 2 aliphatic heterocycles. The number of aromatic nitrogens is 2. The predicted octanol–water partition coefficient (Wildman–Crippen LogP) is 2.77. The van der Waals surface area contributed by atoms with Gasteiger partial charge in [-0.2, -0.15) is 22.4 Å². The Kier molecular flexibility index (Phi) is 6.53. The highest BCUT2D eigenvalue weighted by molar-refractivity contribution is 7.89. The quantitative estimate of drug-likeness (QED) is 0.579. The average molecular weight is 524 g/mol. The van der Waals surface area contributed by atoms with Crippen LogP contribution in [0.4, 0.5) is 26.7 Å². The number of carbonyl (C=O) groups is 1. The van der Waals surface area contributed by atoms with Gasteiger partial charge in [-0.05, 0) is 31.5 Å². The molecule has 4 rings (SSSR count). The van der Waals surface area contributed by atoms with E-state index in [-0.39, 0.29) is 24.5 Å². The minimum atomic E-state index is -4.92. The van der Waals surface area contributed by atoms with Crippen LogP contribution in [0.3, 0.4) is 0 Å². The van der Waals surface area contributed by atoms with E-state index >= 15 is 0 Å². The summed E-state index contributed by atoms with van der Waals surface area (Å²) in [4.78, 5) is 12.7. The van der Waals surface area contributed by atoms with Gasteiger partial charge in [-0.25, -0.2) is 22.0 Å². The number of alkyl halides is 3. The lowest BCUT2D eigenvalue weighted by molar-refractivity contribution is -0.270. The molecule has 2 aromatic rings. The number of nitrogens with zero attached hydrogens (tertiary/aromatic N) is 3. The number of hydrogen-bond acceptors (Lipinski definition) is 6. The van der Waals surface area contributed by atoms with E-state index < -0.39 is 70.2 Å². The summed E-state index contributed by atoms with van der Waals surface area (Å²) in [6, 6.07) is -0.563. The van der Waals surface area contributed by atoms with E-state index in [0.29, 0.717) is 11.6 Å². The number of halogens is 5. The lowest BCUT2D eigenvalue weighted by Crippen LogP contribution is -2.59. The summed E-state index contributed by atoms with van der Waals surface area (Å²) in [5, 5.41) is 15.3. The molecule has 0 bridgehead atoms. The van der Waals surface area contributed by atoms with Gasteiger partial charge in [0.25, 0.3) is 10.0 Å². The van der Waals surface area contributed by atoms with Crippen LogP contribution in [-0.2, 0) is 27.8 Å². The van der Waals surface area contributed by atoms with Crippen LogP contribution in [0.15, 0.2) is 24.4 Å². The number of ether oxygens (including phenoxy) is 1. The normalized spacial score (nSPS) is 25.4. The van der Waals surface area contributed by atoms with Crippen molar-refractivity contribution in [2.45, 2.75) is 56.9 Å². The van der Waals surface area contributed by atoms with Crippen molar-refractivity contribution in [2.24, 2.45) is 0 Å². The van der Waals surface area contributed by atoms with Crippen molar-refractivity contribution in [1.29, 1.82) is 0 Å². The molecule has 1 aromatic heterocycles. The first-order valence-electron chi connectivity index (χ1n) is 10.5. The van der Waals surface area contributed by atoms with Crippen LogP contribution in [0.5, 0.6) is 0 Å². The van der Waals surface area contributed by atoms with Crippen molar-refractivity contribution in [3.05, 3.63) is 52.9 Å². The van der Waals surface area contributed by atoms with Crippen LogP contribution in [0.2, 0.25) is 0 Å². The van der Waals surface area contributed by atoms with Crippen LogP contribution in [0.25, 0.3) is 0 Å². The van der Waals surface area contributed by atoms with Gasteiger partial charge in [0.05, 0.1) is 17.5 Å². The summed E-state index contributed by atoms with van der Waals surface area (Å²) in [6.45, 7) is 1.20. The average Bonchev–Trinajstić information content (AvgIpc) is 3.34. The van der Waals surface area contributed by atoms with Gasteiger partial charge in [0.1, 0.15) is 17.7 Å². The standard InChI is InChI=1S/C20H21F5N4O5S/c1-2-35(32,33)29-8-10-7-28(9-15(10)27-29)16-6-14(26-19(30)31)17(34-18(16)20(23,24)25)12-5-11(21)3-4-13(12)22/h3-5,8,14,16-18,26H,2,6-7,9H2,1H3,(H,30,31)/t14-,16+,17+,18-/m0/s1. The van der Waals surface area contributed by atoms with E-state index in [9.17, 15) is 40.3 Å². The number of rotatable bonds is 5. The van der Waals surface area contributed by atoms with Crippen molar-refractivity contribution < 1.29 is 45.0 Å². The maximum atomic E-state index is 14.4. The molecule has 0 aliphatic carbocycles. The van der Waals surface area contributed by atoms with Gasteiger partial charge in [-0.15, -0.1) is 0 Å². The third-order valence-corrected chi connectivity index (χ3v) is 7.59. The summed E-state index contributed by atoms with van der Waals surface area (Å²) in [6.07, 6.45) is -9.90.